The fourth-order valence-corrected chi connectivity index (χ4v) is 1.93. The van der Waals surface area contributed by atoms with E-state index in [1.807, 2.05) is 11.0 Å². The van der Waals surface area contributed by atoms with Crippen LogP contribution in [0.2, 0.25) is 0 Å². The minimum Gasteiger partial charge on any atom is -0.408 e. The zero-order chi connectivity index (χ0) is 11.1. The maximum atomic E-state index is 13.5. The minimum absolute atomic E-state index is 0.170. The number of fused-ring (bicyclic) bond motifs is 1. The first-order chi connectivity index (χ1) is 7.74. The zero-order valence-corrected chi connectivity index (χ0v) is 8.77. The highest BCUT2D eigenvalue weighted by Crippen LogP contribution is 2.28. The van der Waals surface area contributed by atoms with Gasteiger partial charge in [-0.05, 0) is 11.6 Å². The van der Waals surface area contributed by atoms with Gasteiger partial charge in [0, 0.05) is 19.0 Å². The predicted molar refractivity (Wildman–Crippen MR) is 55.3 cm³/mol. The van der Waals surface area contributed by atoms with Gasteiger partial charge in [0.25, 0.3) is 0 Å². The largest absolute Gasteiger partial charge is 0.408 e. The van der Waals surface area contributed by atoms with Crippen molar-refractivity contribution >= 4 is 6.01 Å². The third-order valence-corrected chi connectivity index (χ3v) is 2.71. The number of anilines is 1. The lowest BCUT2D eigenvalue weighted by Gasteiger charge is -2.10. The van der Waals surface area contributed by atoms with Crippen LogP contribution in [0.3, 0.4) is 0 Å². The number of halogens is 1. The summed E-state index contributed by atoms with van der Waals surface area (Å²) in [5.74, 6) is 0.350. The van der Waals surface area contributed by atoms with Gasteiger partial charge in [0.15, 0.2) is 0 Å². The van der Waals surface area contributed by atoms with E-state index in [-0.39, 0.29) is 5.82 Å². The van der Waals surface area contributed by atoms with E-state index in [1.54, 1.807) is 13.0 Å². The molecule has 0 bridgehead atoms. The number of aromatic nitrogens is 2. The number of hydrogen-bond acceptors (Lipinski definition) is 4. The van der Waals surface area contributed by atoms with Crippen LogP contribution in [0.5, 0.6) is 0 Å². The van der Waals surface area contributed by atoms with Crippen LogP contribution in [-0.4, -0.2) is 10.2 Å². The summed E-state index contributed by atoms with van der Waals surface area (Å²) in [5, 5.41) is 7.69. The van der Waals surface area contributed by atoms with Crippen molar-refractivity contribution in [2.45, 2.75) is 20.0 Å². The summed E-state index contributed by atoms with van der Waals surface area (Å²) in [6.45, 7) is 2.85. The Bertz CT molecular complexity index is 538. The van der Waals surface area contributed by atoms with Crippen molar-refractivity contribution in [1.29, 1.82) is 0 Å². The Balaban J connectivity index is 1.93. The average Bonchev–Trinajstić information content (AvgIpc) is 2.84. The van der Waals surface area contributed by atoms with Crippen LogP contribution in [0.1, 0.15) is 17.0 Å². The van der Waals surface area contributed by atoms with E-state index in [0.29, 0.717) is 25.0 Å². The molecule has 16 heavy (non-hydrogen) atoms. The number of rotatable bonds is 1. The normalized spacial score (nSPS) is 14.2. The first kappa shape index (κ1) is 9.33. The summed E-state index contributed by atoms with van der Waals surface area (Å²) in [5.41, 5.74) is 1.70. The predicted octanol–water partition coefficient (Wildman–Crippen LogP) is 2.04. The molecule has 4 nitrogen and oxygen atoms in total. The fraction of sp³-hybridized carbons (Fsp3) is 0.273. The molecule has 0 saturated heterocycles. The Morgan fingerprint density at radius 3 is 2.88 bits per heavy atom. The Morgan fingerprint density at radius 2 is 2.19 bits per heavy atom. The Kier molecular flexibility index (Phi) is 1.92. The second kappa shape index (κ2) is 3.30. The first-order valence-electron chi connectivity index (χ1n) is 5.05. The van der Waals surface area contributed by atoms with Gasteiger partial charge in [-0.3, -0.25) is 0 Å². The molecule has 0 spiro atoms. The van der Waals surface area contributed by atoms with E-state index in [4.69, 9.17) is 4.42 Å². The molecule has 0 N–H and O–H groups in total. The summed E-state index contributed by atoms with van der Waals surface area (Å²) in [6, 6.07) is 5.56. The summed E-state index contributed by atoms with van der Waals surface area (Å²) >= 11 is 0. The summed E-state index contributed by atoms with van der Waals surface area (Å²) < 4.78 is 18.8. The highest BCUT2D eigenvalue weighted by Gasteiger charge is 2.25. The van der Waals surface area contributed by atoms with Crippen molar-refractivity contribution in [1.82, 2.24) is 10.2 Å². The molecule has 0 unspecified atom stereocenters. The van der Waals surface area contributed by atoms with Crippen molar-refractivity contribution in [2.75, 3.05) is 4.90 Å². The van der Waals surface area contributed by atoms with E-state index in [0.717, 1.165) is 11.1 Å². The van der Waals surface area contributed by atoms with Crippen LogP contribution in [-0.2, 0) is 13.1 Å². The Morgan fingerprint density at radius 1 is 1.31 bits per heavy atom. The van der Waals surface area contributed by atoms with Gasteiger partial charge in [0.1, 0.15) is 5.82 Å². The molecule has 1 aliphatic heterocycles. The van der Waals surface area contributed by atoms with Crippen LogP contribution in [0.15, 0.2) is 22.6 Å². The molecule has 0 atom stereocenters. The highest BCUT2D eigenvalue weighted by atomic mass is 19.1. The van der Waals surface area contributed by atoms with Gasteiger partial charge in [-0.2, -0.15) is 0 Å². The van der Waals surface area contributed by atoms with Crippen LogP contribution in [0.4, 0.5) is 10.4 Å². The van der Waals surface area contributed by atoms with Crippen LogP contribution in [0, 0.1) is 12.7 Å². The van der Waals surface area contributed by atoms with Gasteiger partial charge in [0.05, 0.1) is 6.54 Å². The van der Waals surface area contributed by atoms with Crippen molar-refractivity contribution in [3.05, 3.63) is 41.0 Å². The van der Waals surface area contributed by atoms with E-state index in [1.165, 1.54) is 6.07 Å². The maximum Gasteiger partial charge on any atom is 0.318 e. The lowest BCUT2D eigenvalue weighted by molar-refractivity contribution is 0.505. The second-order valence-corrected chi connectivity index (χ2v) is 3.84. The van der Waals surface area contributed by atoms with Gasteiger partial charge in [0.2, 0.25) is 5.89 Å². The van der Waals surface area contributed by atoms with Crippen molar-refractivity contribution < 1.29 is 8.81 Å². The molecule has 2 heterocycles. The molecule has 5 heteroatoms. The topological polar surface area (TPSA) is 42.2 Å². The van der Waals surface area contributed by atoms with E-state index in [2.05, 4.69) is 10.2 Å². The van der Waals surface area contributed by atoms with E-state index in [9.17, 15) is 4.39 Å². The van der Waals surface area contributed by atoms with Gasteiger partial charge in [-0.1, -0.05) is 17.2 Å². The smallest absolute Gasteiger partial charge is 0.318 e. The second-order valence-electron chi connectivity index (χ2n) is 3.84. The lowest BCUT2D eigenvalue weighted by Crippen LogP contribution is -2.14. The third kappa shape index (κ3) is 1.36. The van der Waals surface area contributed by atoms with Gasteiger partial charge < -0.3 is 9.32 Å². The molecule has 1 aliphatic rings. The van der Waals surface area contributed by atoms with Crippen molar-refractivity contribution in [3.63, 3.8) is 0 Å². The van der Waals surface area contributed by atoms with Crippen LogP contribution in [0.25, 0.3) is 0 Å². The molecule has 0 aliphatic carbocycles. The quantitative estimate of drug-likeness (QED) is 0.736. The first-order valence-corrected chi connectivity index (χ1v) is 5.05. The Labute approximate surface area is 91.7 Å². The zero-order valence-electron chi connectivity index (χ0n) is 8.77. The minimum atomic E-state index is -0.170. The molecule has 0 saturated carbocycles. The number of aryl methyl sites for hydroxylation is 1. The summed E-state index contributed by atoms with van der Waals surface area (Å²) in [6.07, 6.45) is 0. The molecule has 3 rings (SSSR count). The van der Waals surface area contributed by atoms with Crippen LogP contribution < -0.4 is 4.90 Å². The van der Waals surface area contributed by atoms with Crippen molar-refractivity contribution in [3.8, 4) is 0 Å². The highest BCUT2D eigenvalue weighted by molar-refractivity contribution is 5.42. The number of benzene rings is 1. The van der Waals surface area contributed by atoms with E-state index < -0.39 is 0 Å². The molecular weight excluding hydrogens is 209 g/mol. The van der Waals surface area contributed by atoms with E-state index >= 15 is 0 Å². The van der Waals surface area contributed by atoms with Gasteiger partial charge in [-0.15, -0.1) is 5.10 Å². The van der Waals surface area contributed by atoms with Crippen LogP contribution >= 0.6 is 0 Å². The molecule has 2 aromatic rings. The SMILES string of the molecule is Cc1nnc(N2Cc3cccc(F)c3C2)o1. The van der Waals surface area contributed by atoms with Gasteiger partial charge in [-0.25, -0.2) is 4.39 Å². The molecule has 1 aromatic heterocycles. The molecule has 1 aromatic carbocycles. The van der Waals surface area contributed by atoms with Gasteiger partial charge >= 0.3 is 6.01 Å². The summed E-state index contributed by atoms with van der Waals surface area (Å²) in [7, 11) is 0. The maximum absolute atomic E-state index is 13.5. The van der Waals surface area contributed by atoms with Crippen molar-refractivity contribution in [2.24, 2.45) is 0 Å². The molecular formula is C11H10FN3O. The molecule has 82 valence electrons. The summed E-state index contributed by atoms with van der Waals surface area (Å²) in [4.78, 5) is 1.87. The number of hydrogen-bond donors (Lipinski definition) is 0. The average molecular weight is 219 g/mol. The fourth-order valence-electron chi connectivity index (χ4n) is 1.93. The number of nitrogens with zero attached hydrogens (tertiary/aromatic N) is 3. The molecule has 0 amide bonds. The lowest BCUT2D eigenvalue weighted by atomic mass is 10.1. The molecule has 0 radical (unpaired) electrons. The molecule has 0 fully saturated rings. The monoisotopic (exact) mass is 219 g/mol. The standard InChI is InChI=1S/C11H10FN3O/c1-7-13-14-11(16-7)15-5-8-3-2-4-10(12)9(8)6-15/h2-4H,5-6H2,1H3. The Hall–Kier alpha value is -1.91. The third-order valence-electron chi connectivity index (χ3n) is 2.71.